The zero-order valence-corrected chi connectivity index (χ0v) is 12.4. The van der Waals surface area contributed by atoms with Crippen LogP contribution in [0.4, 0.5) is 0 Å². The molecule has 0 N–H and O–H groups in total. The molecule has 0 aromatic heterocycles. The molecule has 0 saturated carbocycles. The minimum Gasteiger partial charge on any atom is -0.242 e. The Labute approximate surface area is 113 Å². The summed E-state index contributed by atoms with van der Waals surface area (Å²) < 4.78 is 14.7. The van der Waals surface area contributed by atoms with E-state index in [4.69, 9.17) is 0 Å². The zero-order valence-electron chi connectivity index (χ0n) is 11.6. The number of rotatable bonds is 2. The average molecular weight is 265 g/mol. The van der Waals surface area contributed by atoms with Gasteiger partial charge >= 0.3 is 0 Å². The molecule has 1 saturated heterocycles. The van der Waals surface area contributed by atoms with Crippen molar-refractivity contribution in [2.45, 2.75) is 50.8 Å². The second-order valence-electron chi connectivity index (χ2n) is 5.92. The van der Waals surface area contributed by atoms with Gasteiger partial charge in [0.25, 0.3) is 0 Å². The van der Waals surface area contributed by atoms with Crippen molar-refractivity contribution in [3.05, 3.63) is 35.9 Å². The summed E-state index contributed by atoms with van der Waals surface area (Å²) in [5.74, 6) is 0. The highest BCUT2D eigenvalue weighted by atomic mass is 32.2. The lowest BCUT2D eigenvalue weighted by Crippen LogP contribution is -2.42. The summed E-state index contributed by atoms with van der Waals surface area (Å²) >= 11 is 0. The van der Waals surface area contributed by atoms with Crippen molar-refractivity contribution in [2.24, 2.45) is 0 Å². The molecule has 1 heterocycles. The summed E-state index contributed by atoms with van der Waals surface area (Å²) in [5, 5.41) is 0. The molecule has 2 rings (SSSR count). The second-order valence-corrected chi connectivity index (χ2v) is 8.12. The molecule has 1 aromatic carbocycles. The molecule has 0 bridgehead atoms. The Kier molecular flexibility index (Phi) is 4.23. The van der Waals surface area contributed by atoms with Gasteiger partial charge < -0.3 is 0 Å². The van der Waals surface area contributed by atoms with Gasteiger partial charge in [-0.15, -0.1) is 0 Å². The molecule has 2 atom stereocenters. The van der Waals surface area contributed by atoms with Gasteiger partial charge in [-0.3, -0.25) is 0 Å². The lowest BCUT2D eigenvalue weighted by molar-refractivity contribution is 0.264. The first-order valence-electron chi connectivity index (χ1n) is 6.74. The Morgan fingerprint density at radius 3 is 2.44 bits per heavy atom. The Balaban J connectivity index is 2.24. The summed E-state index contributed by atoms with van der Waals surface area (Å²) in [6.07, 6.45) is 3.51. The fraction of sp³-hybridized carbons (Fsp3) is 0.600. The normalized spacial score (nSPS) is 23.8. The van der Waals surface area contributed by atoms with E-state index in [1.54, 1.807) is 0 Å². The molecule has 18 heavy (non-hydrogen) atoms. The predicted molar refractivity (Wildman–Crippen MR) is 77.6 cm³/mol. The number of benzene rings is 1. The fourth-order valence-electron chi connectivity index (χ4n) is 2.46. The maximum atomic E-state index is 12.6. The van der Waals surface area contributed by atoms with Gasteiger partial charge in [-0.1, -0.05) is 36.8 Å². The highest BCUT2D eigenvalue weighted by Crippen LogP contribution is 2.34. The molecule has 0 radical (unpaired) electrons. The monoisotopic (exact) mass is 265 g/mol. The highest BCUT2D eigenvalue weighted by Gasteiger charge is 2.33. The summed E-state index contributed by atoms with van der Waals surface area (Å²) in [6.45, 7) is 7.11. The maximum Gasteiger partial charge on any atom is 0.100 e. The molecule has 1 fully saturated rings. The molecule has 1 aromatic rings. The van der Waals surface area contributed by atoms with Crippen LogP contribution in [-0.2, 0) is 11.0 Å². The fourth-order valence-corrected chi connectivity index (χ4v) is 3.92. The van der Waals surface area contributed by atoms with Gasteiger partial charge in [0, 0.05) is 12.6 Å². The quantitative estimate of drug-likeness (QED) is 0.799. The molecule has 100 valence electrons. The number of hydrogen-bond donors (Lipinski definition) is 0. The van der Waals surface area contributed by atoms with Crippen LogP contribution in [0.3, 0.4) is 0 Å². The lowest BCUT2D eigenvalue weighted by atomic mass is 9.98. The van der Waals surface area contributed by atoms with E-state index in [1.807, 2.05) is 6.07 Å². The van der Waals surface area contributed by atoms with Crippen molar-refractivity contribution >= 4 is 11.0 Å². The average Bonchev–Trinajstić information content (AvgIpc) is 2.38. The van der Waals surface area contributed by atoms with Gasteiger partial charge in [0.2, 0.25) is 0 Å². The Hall–Kier alpha value is -0.670. The van der Waals surface area contributed by atoms with Crippen LogP contribution in [0.1, 0.15) is 51.6 Å². The van der Waals surface area contributed by atoms with Crippen LogP contribution in [0.5, 0.6) is 0 Å². The first kappa shape index (κ1) is 13.8. The summed E-state index contributed by atoms with van der Waals surface area (Å²) in [4.78, 5) is 0. The highest BCUT2D eigenvalue weighted by molar-refractivity contribution is 7.84. The van der Waals surface area contributed by atoms with Gasteiger partial charge in [0.1, 0.15) is 11.0 Å². The third kappa shape index (κ3) is 3.01. The molecule has 3 heteroatoms. The van der Waals surface area contributed by atoms with Crippen LogP contribution < -0.4 is 0 Å². The molecule has 1 aliphatic heterocycles. The molecular formula is C15H23NOS. The third-order valence-electron chi connectivity index (χ3n) is 3.37. The van der Waals surface area contributed by atoms with Gasteiger partial charge in [0.15, 0.2) is 0 Å². The first-order chi connectivity index (χ1) is 8.50. The molecule has 0 amide bonds. The molecule has 2 unspecified atom stereocenters. The van der Waals surface area contributed by atoms with Crippen molar-refractivity contribution in [2.75, 3.05) is 6.54 Å². The first-order valence-corrected chi connectivity index (χ1v) is 7.84. The van der Waals surface area contributed by atoms with Gasteiger partial charge in [0.05, 0.1) is 4.75 Å². The number of nitrogens with zero attached hydrogens (tertiary/aromatic N) is 1. The molecule has 0 aliphatic carbocycles. The van der Waals surface area contributed by atoms with Crippen molar-refractivity contribution < 1.29 is 4.21 Å². The van der Waals surface area contributed by atoms with Crippen LogP contribution in [0.15, 0.2) is 30.3 Å². The van der Waals surface area contributed by atoms with Crippen molar-refractivity contribution in [1.82, 2.24) is 4.31 Å². The number of hydrogen-bond acceptors (Lipinski definition) is 1. The van der Waals surface area contributed by atoms with Crippen LogP contribution in [0.2, 0.25) is 0 Å². The van der Waals surface area contributed by atoms with E-state index in [9.17, 15) is 4.21 Å². The van der Waals surface area contributed by atoms with Gasteiger partial charge in [-0.2, -0.15) is 0 Å². The summed E-state index contributed by atoms with van der Waals surface area (Å²) in [5.41, 5.74) is 1.30. The largest absolute Gasteiger partial charge is 0.242 e. The van der Waals surface area contributed by atoms with E-state index < -0.39 is 11.0 Å². The maximum absolute atomic E-state index is 12.6. The van der Waals surface area contributed by atoms with Crippen molar-refractivity contribution in [1.29, 1.82) is 0 Å². The van der Waals surface area contributed by atoms with Crippen LogP contribution in [-0.4, -0.2) is 19.8 Å². The zero-order chi connectivity index (χ0) is 13.2. The number of piperidine rings is 1. The second kappa shape index (κ2) is 5.54. The van der Waals surface area contributed by atoms with Crippen molar-refractivity contribution in [3.8, 4) is 0 Å². The lowest BCUT2D eigenvalue weighted by Gasteiger charge is -2.38. The van der Waals surface area contributed by atoms with E-state index in [2.05, 4.69) is 49.3 Å². The molecule has 1 aliphatic rings. The Morgan fingerprint density at radius 2 is 1.83 bits per heavy atom. The topological polar surface area (TPSA) is 20.3 Å². The van der Waals surface area contributed by atoms with E-state index in [1.165, 1.54) is 12.0 Å². The van der Waals surface area contributed by atoms with E-state index in [0.717, 1.165) is 19.4 Å². The van der Waals surface area contributed by atoms with Gasteiger partial charge in [-0.05, 0) is 39.2 Å². The summed E-state index contributed by atoms with van der Waals surface area (Å²) in [6, 6.07) is 10.8. The molecular weight excluding hydrogens is 242 g/mol. The third-order valence-corrected chi connectivity index (χ3v) is 5.29. The summed E-state index contributed by atoms with van der Waals surface area (Å²) in [7, 11) is -0.921. The van der Waals surface area contributed by atoms with Crippen LogP contribution in [0.25, 0.3) is 0 Å². The minimum absolute atomic E-state index is 0.176. The Bertz CT molecular complexity index is 410. The van der Waals surface area contributed by atoms with Crippen molar-refractivity contribution in [3.63, 3.8) is 0 Å². The molecule has 2 nitrogen and oxygen atoms in total. The molecule has 0 spiro atoms. The van der Waals surface area contributed by atoms with Crippen LogP contribution in [0, 0.1) is 0 Å². The standard InChI is InChI=1S/C15H23NOS/c1-15(2,3)18(17)16-12-8-7-11-14(16)13-9-5-4-6-10-13/h4-6,9-10,14H,7-8,11-12H2,1-3H3. The van der Waals surface area contributed by atoms with E-state index in [0.29, 0.717) is 6.04 Å². The smallest absolute Gasteiger partial charge is 0.100 e. The minimum atomic E-state index is -0.921. The van der Waals surface area contributed by atoms with Gasteiger partial charge in [-0.25, -0.2) is 8.51 Å². The van der Waals surface area contributed by atoms with E-state index in [-0.39, 0.29) is 4.75 Å². The van der Waals surface area contributed by atoms with E-state index >= 15 is 0 Å². The SMILES string of the molecule is CC(C)(C)S(=O)N1CCCCC1c1ccccc1. The van der Waals surface area contributed by atoms with Crippen LogP contribution >= 0.6 is 0 Å². The predicted octanol–water partition coefficient (Wildman–Crippen LogP) is 3.68. The Morgan fingerprint density at radius 1 is 1.17 bits per heavy atom.